The lowest BCUT2D eigenvalue weighted by Gasteiger charge is -2.11. The summed E-state index contributed by atoms with van der Waals surface area (Å²) in [6, 6.07) is 2.71. The van der Waals surface area contributed by atoms with Gasteiger partial charge in [0.2, 0.25) is 3.79 Å². The molecule has 0 unspecified atom stereocenters. The van der Waals surface area contributed by atoms with Crippen molar-refractivity contribution in [2.45, 2.75) is 3.79 Å². The zero-order valence-electron chi connectivity index (χ0n) is 5.62. The van der Waals surface area contributed by atoms with Gasteiger partial charge < -0.3 is 0 Å². The number of hydrogen-bond acceptors (Lipinski definition) is 0. The van der Waals surface area contributed by atoms with Crippen molar-refractivity contribution in [2.75, 3.05) is 0 Å². The molecule has 0 atom stereocenters. The predicted molar refractivity (Wildman–Crippen MR) is 45.6 cm³/mol. The topological polar surface area (TPSA) is 0 Å². The molecule has 66 valence electrons. The number of rotatable bonds is 0. The van der Waals surface area contributed by atoms with Gasteiger partial charge in [-0.25, -0.2) is 8.78 Å². The minimum Gasteiger partial charge on any atom is -0.207 e. The summed E-state index contributed by atoms with van der Waals surface area (Å²) in [6.07, 6.45) is 0. The molecular weight excluding hydrogens is 228 g/mol. The number of hydrogen-bond donors (Lipinski definition) is 0. The lowest BCUT2D eigenvalue weighted by atomic mass is 10.2. The largest absolute Gasteiger partial charge is 0.218 e. The molecule has 5 heteroatoms. The summed E-state index contributed by atoms with van der Waals surface area (Å²) in [5.41, 5.74) is -0.285. The van der Waals surface area contributed by atoms with E-state index in [9.17, 15) is 8.78 Å². The maximum absolute atomic E-state index is 12.8. The Kier molecular flexibility index (Phi) is 2.81. The molecule has 0 aliphatic heterocycles. The first-order valence-corrected chi connectivity index (χ1v) is 4.07. The molecule has 0 saturated heterocycles. The van der Waals surface area contributed by atoms with Crippen molar-refractivity contribution in [3.05, 3.63) is 35.4 Å². The van der Waals surface area contributed by atoms with Crippen LogP contribution in [0.1, 0.15) is 5.56 Å². The van der Waals surface area contributed by atoms with E-state index >= 15 is 0 Å². The lowest BCUT2D eigenvalue weighted by molar-refractivity contribution is 0.587. The molecule has 0 bridgehead atoms. The summed E-state index contributed by atoms with van der Waals surface area (Å²) in [4.78, 5) is 0. The first kappa shape index (κ1) is 10.0. The molecule has 0 saturated carbocycles. The molecule has 1 aromatic carbocycles. The molecule has 0 nitrogen and oxygen atoms in total. The number of halogens is 5. The lowest BCUT2D eigenvalue weighted by Crippen LogP contribution is -2.04. The molecule has 0 heterocycles. The molecule has 0 spiro atoms. The van der Waals surface area contributed by atoms with Crippen LogP contribution in [0.25, 0.3) is 0 Å². The predicted octanol–water partition coefficient (Wildman–Crippen LogP) is 3.79. The van der Waals surface area contributed by atoms with Gasteiger partial charge in [-0.3, -0.25) is 0 Å². The van der Waals surface area contributed by atoms with Crippen LogP contribution in [0.2, 0.25) is 0 Å². The van der Waals surface area contributed by atoms with Gasteiger partial charge >= 0.3 is 0 Å². The summed E-state index contributed by atoms with van der Waals surface area (Å²) in [6.45, 7) is 0. The quantitative estimate of drug-likeness (QED) is 0.596. The second kappa shape index (κ2) is 3.36. The Bertz CT molecular complexity index is 293. The summed E-state index contributed by atoms with van der Waals surface area (Å²) in [5, 5.41) is 0. The normalized spacial score (nSPS) is 11.8. The first-order valence-electron chi connectivity index (χ1n) is 2.93. The molecule has 0 fully saturated rings. The van der Waals surface area contributed by atoms with Crippen molar-refractivity contribution >= 4 is 34.8 Å². The Morgan fingerprint density at radius 2 is 1.67 bits per heavy atom. The number of alkyl halides is 3. The van der Waals surface area contributed by atoms with Crippen molar-refractivity contribution in [2.24, 2.45) is 0 Å². The van der Waals surface area contributed by atoms with Crippen LogP contribution >= 0.6 is 34.8 Å². The minimum atomic E-state index is -1.92. The van der Waals surface area contributed by atoms with Gasteiger partial charge in [-0.15, -0.1) is 0 Å². The highest BCUT2D eigenvalue weighted by molar-refractivity contribution is 6.66. The van der Waals surface area contributed by atoms with E-state index in [1.54, 1.807) is 0 Å². The van der Waals surface area contributed by atoms with E-state index in [0.29, 0.717) is 0 Å². The fraction of sp³-hybridized carbons (Fsp3) is 0.143. The highest BCUT2D eigenvalue weighted by Gasteiger charge is 2.26. The summed E-state index contributed by atoms with van der Waals surface area (Å²) >= 11 is 16.1. The van der Waals surface area contributed by atoms with Crippen LogP contribution in [-0.4, -0.2) is 0 Å². The molecule has 1 rings (SSSR count). The van der Waals surface area contributed by atoms with Gasteiger partial charge in [0.25, 0.3) is 0 Å². The highest BCUT2D eigenvalue weighted by atomic mass is 35.6. The Hall–Kier alpha value is -0.0500. The monoisotopic (exact) mass is 230 g/mol. The fourth-order valence-electron chi connectivity index (χ4n) is 0.715. The molecule has 0 aliphatic carbocycles. The van der Waals surface area contributed by atoms with Crippen LogP contribution in [-0.2, 0) is 3.79 Å². The third kappa shape index (κ3) is 2.22. The SMILES string of the molecule is Fc1ccc(F)c(C(Cl)(Cl)Cl)c1. The Morgan fingerprint density at radius 1 is 1.08 bits per heavy atom. The molecule has 0 aromatic heterocycles. The maximum atomic E-state index is 12.8. The Balaban J connectivity index is 3.23. The van der Waals surface area contributed by atoms with Gasteiger partial charge in [0.05, 0.1) is 0 Å². The molecule has 1 aromatic rings. The van der Waals surface area contributed by atoms with Crippen LogP contribution in [0, 0.1) is 11.6 Å². The highest BCUT2D eigenvalue weighted by Crippen LogP contribution is 2.39. The van der Waals surface area contributed by atoms with Gasteiger partial charge in [0.1, 0.15) is 11.6 Å². The van der Waals surface area contributed by atoms with Crippen LogP contribution in [0.3, 0.4) is 0 Å². The van der Waals surface area contributed by atoms with Gasteiger partial charge in [0, 0.05) is 5.56 Å². The zero-order valence-corrected chi connectivity index (χ0v) is 7.89. The minimum absolute atomic E-state index is 0.285. The van der Waals surface area contributed by atoms with E-state index < -0.39 is 15.4 Å². The van der Waals surface area contributed by atoms with Gasteiger partial charge in [-0.2, -0.15) is 0 Å². The molecule has 0 N–H and O–H groups in total. The molecule has 0 radical (unpaired) electrons. The van der Waals surface area contributed by atoms with E-state index in [2.05, 4.69) is 0 Å². The van der Waals surface area contributed by atoms with Crippen LogP contribution in [0.4, 0.5) is 8.78 Å². The van der Waals surface area contributed by atoms with E-state index in [1.165, 1.54) is 0 Å². The number of benzene rings is 1. The maximum Gasteiger partial charge on any atom is 0.218 e. The van der Waals surface area contributed by atoms with E-state index in [0.717, 1.165) is 18.2 Å². The van der Waals surface area contributed by atoms with Crippen molar-refractivity contribution in [1.29, 1.82) is 0 Å². The Morgan fingerprint density at radius 3 is 2.08 bits per heavy atom. The third-order valence-corrected chi connectivity index (χ3v) is 1.84. The molecule has 0 aliphatic rings. The molecular formula is C7H3Cl3F2. The van der Waals surface area contributed by atoms with Crippen molar-refractivity contribution in [3.8, 4) is 0 Å². The van der Waals surface area contributed by atoms with Crippen molar-refractivity contribution in [1.82, 2.24) is 0 Å². The second-order valence-corrected chi connectivity index (χ2v) is 4.40. The summed E-state index contributed by atoms with van der Waals surface area (Å²) < 4.78 is 23.5. The second-order valence-electron chi connectivity index (χ2n) is 2.12. The summed E-state index contributed by atoms with van der Waals surface area (Å²) in [5.74, 6) is -1.38. The fourth-order valence-corrected chi connectivity index (χ4v) is 1.15. The average molecular weight is 231 g/mol. The van der Waals surface area contributed by atoms with Crippen molar-refractivity contribution < 1.29 is 8.78 Å². The Labute approximate surface area is 83.0 Å². The van der Waals surface area contributed by atoms with Gasteiger partial charge in [-0.1, -0.05) is 34.8 Å². The smallest absolute Gasteiger partial charge is 0.207 e. The van der Waals surface area contributed by atoms with E-state index in [-0.39, 0.29) is 5.56 Å². The third-order valence-electron chi connectivity index (χ3n) is 1.23. The average Bonchev–Trinajstić information content (AvgIpc) is 1.92. The van der Waals surface area contributed by atoms with E-state index in [4.69, 9.17) is 34.8 Å². The van der Waals surface area contributed by atoms with Crippen molar-refractivity contribution in [3.63, 3.8) is 0 Å². The van der Waals surface area contributed by atoms with Gasteiger partial charge in [0.15, 0.2) is 0 Å². The van der Waals surface area contributed by atoms with E-state index in [1.807, 2.05) is 0 Å². The molecule has 12 heavy (non-hydrogen) atoms. The first-order chi connectivity index (χ1) is 5.41. The van der Waals surface area contributed by atoms with Crippen LogP contribution in [0.5, 0.6) is 0 Å². The van der Waals surface area contributed by atoms with Gasteiger partial charge in [-0.05, 0) is 18.2 Å². The van der Waals surface area contributed by atoms with Crippen LogP contribution in [0.15, 0.2) is 18.2 Å². The molecule has 0 amide bonds. The van der Waals surface area contributed by atoms with Crippen LogP contribution < -0.4 is 0 Å². The standard InChI is InChI=1S/C7H3Cl3F2/c8-7(9,10)5-3-4(11)1-2-6(5)12/h1-3H. The summed E-state index contributed by atoms with van der Waals surface area (Å²) in [7, 11) is 0. The zero-order chi connectivity index (χ0) is 9.35.